The maximum atomic E-state index is 5.99. The van der Waals surface area contributed by atoms with Gasteiger partial charge in [0.05, 0.1) is 6.04 Å². The molecule has 0 saturated carbocycles. The van der Waals surface area contributed by atoms with Gasteiger partial charge in [0.2, 0.25) is 0 Å². The first-order chi connectivity index (χ1) is 8.63. The number of anilines is 1. The topological polar surface area (TPSA) is 50.9 Å². The molecule has 0 amide bonds. The molecule has 4 heteroatoms. The van der Waals surface area contributed by atoms with Gasteiger partial charge in [-0.1, -0.05) is 23.7 Å². The SMILES string of the molecule is CNC(c1ccc(Cl)cc1)c1c(C)ccnc1N. The standard InChI is InChI=1S/C14H16ClN3/c1-9-7-8-18-14(16)12(9)13(17-2)10-3-5-11(15)6-4-10/h3-8,13,17H,1-2H3,(H2,16,18). The summed E-state index contributed by atoms with van der Waals surface area (Å²) in [5.74, 6) is 0.560. The van der Waals surface area contributed by atoms with Gasteiger partial charge >= 0.3 is 0 Å². The summed E-state index contributed by atoms with van der Waals surface area (Å²) in [5.41, 5.74) is 9.24. The zero-order valence-corrected chi connectivity index (χ0v) is 11.2. The van der Waals surface area contributed by atoms with Crippen LogP contribution in [0.15, 0.2) is 36.5 Å². The summed E-state index contributed by atoms with van der Waals surface area (Å²) in [4.78, 5) is 4.16. The second-order valence-corrected chi connectivity index (χ2v) is 4.64. The van der Waals surface area contributed by atoms with E-state index in [1.165, 1.54) is 0 Å². The summed E-state index contributed by atoms with van der Waals surface area (Å²) in [5, 5.41) is 4.00. The normalized spacial score (nSPS) is 12.4. The van der Waals surface area contributed by atoms with E-state index in [9.17, 15) is 0 Å². The number of pyridine rings is 1. The van der Waals surface area contributed by atoms with E-state index in [1.54, 1.807) is 6.20 Å². The Balaban J connectivity index is 2.48. The average Bonchev–Trinajstić information content (AvgIpc) is 2.35. The largest absolute Gasteiger partial charge is 0.383 e. The molecule has 0 aliphatic rings. The van der Waals surface area contributed by atoms with Crippen LogP contribution in [0.5, 0.6) is 0 Å². The molecule has 18 heavy (non-hydrogen) atoms. The highest BCUT2D eigenvalue weighted by molar-refractivity contribution is 6.30. The number of aryl methyl sites for hydroxylation is 1. The second kappa shape index (κ2) is 5.38. The highest BCUT2D eigenvalue weighted by Crippen LogP contribution is 2.28. The predicted molar refractivity (Wildman–Crippen MR) is 75.7 cm³/mol. The van der Waals surface area contributed by atoms with Crippen LogP contribution in [-0.4, -0.2) is 12.0 Å². The van der Waals surface area contributed by atoms with Crippen LogP contribution in [0.3, 0.4) is 0 Å². The van der Waals surface area contributed by atoms with Gasteiger partial charge in [-0.15, -0.1) is 0 Å². The van der Waals surface area contributed by atoms with Crippen LogP contribution in [-0.2, 0) is 0 Å². The van der Waals surface area contributed by atoms with Gasteiger partial charge in [0.15, 0.2) is 0 Å². The Morgan fingerprint density at radius 1 is 1.22 bits per heavy atom. The van der Waals surface area contributed by atoms with Crippen molar-refractivity contribution in [2.24, 2.45) is 0 Å². The smallest absolute Gasteiger partial charge is 0.128 e. The third-order valence-electron chi connectivity index (χ3n) is 3.02. The van der Waals surface area contributed by atoms with E-state index in [-0.39, 0.29) is 6.04 Å². The minimum atomic E-state index is 0.0240. The fourth-order valence-electron chi connectivity index (χ4n) is 2.10. The van der Waals surface area contributed by atoms with E-state index in [4.69, 9.17) is 17.3 Å². The Labute approximate surface area is 112 Å². The number of aromatic nitrogens is 1. The Morgan fingerprint density at radius 3 is 2.44 bits per heavy atom. The number of halogens is 1. The van der Waals surface area contributed by atoms with E-state index in [0.717, 1.165) is 21.7 Å². The Kier molecular flexibility index (Phi) is 3.84. The van der Waals surface area contributed by atoms with Crippen molar-refractivity contribution in [3.05, 3.63) is 58.2 Å². The number of rotatable bonds is 3. The maximum absolute atomic E-state index is 5.99. The average molecular weight is 262 g/mol. The number of nitrogens with zero attached hydrogens (tertiary/aromatic N) is 1. The summed E-state index contributed by atoms with van der Waals surface area (Å²) in [6, 6.07) is 9.74. The fraction of sp³-hybridized carbons (Fsp3) is 0.214. The lowest BCUT2D eigenvalue weighted by Gasteiger charge is -2.20. The van der Waals surface area contributed by atoms with Crippen molar-refractivity contribution < 1.29 is 0 Å². The molecule has 0 bridgehead atoms. The van der Waals surface area contributed by atoms with Crippen LogP contribution in [0.1, 0.15) is 22.7 Å². The van der Waals surface area contributed by atoms with Crippen LogP contribution in [0.4, 0.5) is 5.82 Å². The van der Waals surface area contributed by atoms with E-state index in [1.807, 2.05) is 44.3 Å². The molecule has 0 fully saturated rings. The molecule has 0 aliphatic heterocycles. The van der Waals surface area contributed by atoms with Crippen LogP contribution in [0, 0.1) is 6.92 Å². The van der Waals surface area contributed by atoms with Crippen molar-refractivity contribution in [2.45, 2.75) is 13.0 Å². The molecule has 2 aromatic rings. The molecule has 0 aliphatic carbocycles. The first-order valence-corrected chi connectivity index (χ1v) is 6.15. The highest BCUT2D eigenvalue weighted by atomic mass is 35.5. The minimum absolute atomic E-state index is 0.0240. The molecule has 1 aromatic carbocycles. The molecule has 3 nitrogen and oxygen atoms in total. The molecule has 0 spiro atoms. The number of hydrogen-bond acceptors (Lipinski definition) is 3. The van der Waals surface area contributed by atoms with Crippen molar-refractivity contribution in [1.29, 1.82) is 0 Å². The molecule has 2 rings (SSSR count). The van der Waals surface area contributed by atoms with Gasteiger partial charge in [-0.3, -0.25) is 0 Å². The number of nitrogens with two attached hydrogens (primary N) is 1. The molecule has 1 aromatic heterocycles. The lowest BCUT2D eigenvalue weighted by Crippen LogP contribution is -2.20. The zero-order valence-electron chi connectivity index (χ0n) is 10.4. The Bertz CT molecular complexity index is 517. The maximum Gasteiger partial charge on any atom is 0.128 e. The van der Waals surface area contributed by atoms with E-state index in [2.05, 4.69) is 10.3 Å². The summed E-state index contributed by atoms with van der Waals surface area (Å²) < 4.78 is 0. The van der Waals surface area contributed by atoms with Gasteiger partial charge in [0.25, 0.3) is 0 Å². The summed E-state index contributed by atoms with van der Waals surface area (Å²) >= 11 is 5.91. The second-order valence-electron chi connectivity index (χ2n) is 4.20. The molecule has 1 atom stereocenters. The van der Waals surface area contributed by atoms with E-state index < -0.39 is 0 Å². The first kappa shape index (κ1) is 12.9. The molecule has 1 unspecified atom stereocenters. The molecule has 3 N–H and O–H groups in total. The van der Waals surface area contributed by atoms with Crippen molar-refractivity contribution in [3.63, 3.8) is 0 Å². The van der Waals surface area contributed by atoms with Crippen LogP contribution in [0.2, 0.25) is 5.02 Å². The molecular formula is C14H16ClN3. The molecular weight excluding hydrogens is 246 g/mol. The zero-order chi connectivity index (χ0) is 13.1. The number of nitrogen functional groups attached to an aromatic ring is 1. The quantitative estimate of drug-likeness (QED) is 0.893. The van der Waals surface area contributed by atoms with Gasteiger partial charge < -0.3 is 11.1 Å². The van der Waals surface area contributed by atoms with Crippen molar-refractivity contribution in [3.8, 4) is 0 Å². The Morgan fingerprint density at radius 2 is 1.89 bits per heavy atom. The summed E-state index contributed by atoms with van der Waals surface area (Å²) in [6.45, 7) is 2.04. The minimum Gasteiger partial charge on any atom is -0.383 e. The van der Waals surface area contributed by atoms with Crippen molar-refractivity contribution in [1.82, 2.24) is 10.3 Å². The molecule has 0 saturated heterocycles. The lowest BCUT2D eigenvalue weighted by molar-refractivity contribution is 0.687. The Hall–Kier alpha value is -1.58. The number of hydrogen-bond donors (Lipinski definition) is 2. The molecule has 0 radical (unpaired) electrons. The number of benzene rings is 1. The fourth-order valence-corrected chi connectivity index (χ4v) is 2.23. The molecule has 1 heterocycles. The number of nitrogens with one attached hydrogen (secondary N) is 1. The summed E-state index contributed by atoms with van der Waals surface area (Å²) in [6.07, 6.45) is 1.72. The highest BCUT2D eigenvalue weighted by Gasteiger charge is 2.17. The van der Waals surface area contributed by atoms with Crippen molar-refractivity contribution in [2.75, 3.05) is 12.8 Å². The third kappa shape index (κ3) is 2.47. The van der Waals surface area contributed by atoms with Gasteiger partial charge in [-0.25, -0.2) is 4.98 Å². The van der Waals surface area contributed by atoms with Crippen molar-refractivity contribution >= 4 is 17.4 Å². The van der Waals surface area contributed by atoms with Gasteiger partial charge in [0, 0.05) is 16.8 Å². The molecule has 94 valence electrons. The predicted octanol–water partition coefficient (Wildman–Crippen LogP) is 2.93. The lowest BCUT2D eigenvalue weighted by atomic mass is 9.96. The third-order valence-corrected chi connectivity index (χ3v) is 3.27. The van der Waals surface area contributed by atoms with Gasteiger partial charge in [0.1, 0.15) is 5.82 Å². The van der Waals surface area contributed by atoms with Gasteiger partial charge in [-0.05, 0) is 43.3 Å². The van der Waals surface area contributed by atoms with Crippen LogP contribution < -0.4 is 11.1 Å². The van der Waals surface area contributed by atoms with Crippen LogP contribution in [0.25, 0.3) is 0 Å². The van der Waals surface area contributed by atoms with E-state index >= 15 is 0 Å². The van der Waals surface area contributed by atoms with Crippen LogP contribution >= 0.6 is 11.6 Å². The summed E-state index contributed by atoms with van der Waals surface area (Å²) in [7, 11) is 1.91. The first-order valence-electron chi connectivity index (χ1n) is 5.77. The monoisotopic (exact) mass is 261 g/mol. The van der Waals surface area contributed by atoms with E-state index in [0.29, 0.717) is 5.82 Å². The van der Waals surface area contributed by atoms with Gasteiger partial charge in [-0.2, -0.15) is 0 Å².